The van der Waals surface area contributed by atoms with Crippen LogP contribution in [0.15, 0.2) is 18.2 Å². The first-order valence-corrected chi connectivity index (χ1v) is 5.47. The fourth-order valence-corrected chi connectivity index (χ4v) is 2.10. The standard InChI is InChI=1S/C12H15F2NO/c13-9-1-2-11(14)10(7-9)12(15)8-3-5-16-6-4-8/h1-2,7-8,12H,3-6,15H2. The minimum atomic E-state index is -0.445. The minimum Gasteiger partial charge on any atom is -0.381 e. The summed E-state index contributed by atoms with van der Waals surface area (Å²) in [5.74, 6) is -0.704. The lowest BCUT2D eigenvalue weighted by molar-refractivity contribution is 0.0579. The van der Waals surface area contributed by atoms with Crippen LogP contribution in [0, 0.1) is 17.6 Å². The quantitative estimate of drug-likeness (QED) is 0.842. The zero-order valence-electron chi connectivity index (χ0n) is 8.96. The zero-order chi connectivity index (χ0) is 11.5. The van der Waals surface area contributed by atoms with Crippen molar-refractivity contribution in [2.45, 2.75) is 18.9 Å². The summed E-state index contributed by atoms with van der Waals surface area (Å²) >= 11 is 0. The van der Waals surface area contributed by atoms with Gasteiger partial charge in [0, 0.05) is 24.8 Å². The van der Waals surface area contributed by atoms with Gasteiger partial charge >= 0.3 is 0 Å². The Kier molecular flexibility index (Phi) is 3.51. The van der Waals surface area contributed by atoms with Gasteiger partial charge in [-0.1, -0.05) is 0 Å². The van der Waals surface area contributed by atoms with Crippen LogP contribution in [0.4, 0.5) is 8.78 Å². The molecule has 0 radical (unpaired) electrons. The van der Waals surface area contributed by atoms with Crippen molar-refractivity contribution in [1.82, 2.24) is 0 Å². The molecule has 1 fully saturated rings. The Morgan fingerprint density at radius 2 is 1.94 bits per heavy atom. The molecule has 1 aliphatic heterocycles. The van der Waals surface area contributed by atoms with Gasteiger partial charge in [-0.05, 0) is 37.0 Å². The molecule has 0 bridgehead atoms. The number of hydrogen-bond acceptors (Lipinski definition) is 2. The topological polar surface area (TPSA) is 35.2 Å². The Bertz CT molecular complexity index is 364. The number of ether oxygens (including phenoxy) is 1. The summed E-state index contributed by atoms with van der Waals surface area (Å²) in [4.78, 5) is 0. The second-order valence-corrected chi connectivity index (χ2v) is 4.14. The van der Waals surface area contributed by atoms with E-state index < -0.39 is 17.7 Å². The van der Waals surface area contributed by atoms with E-state index in [0.29, 0.717) is 13.2 Å². The molecule has 1 aliphatic rings. The second kappa shape index (κ2) is 4.89. The Morgan fingerprint density at radius 3 is 2.62 bits per heavy atom. The summed E-state index contributed by atoms with van der Waals surface area (Å²) in [6, 6.07) is 2.98. The molecule has 0 aromatic heterocycles. The maximum absolute atomic E-state index is 13.5. The summed E-state index contributed by atoms with van der Waals surface area (Å²) in [7, 11) is 0. The molecule has 0 saturated carbocycles. The van der Waals surface area contributed by atoms with Crippen molar-refractivity contribution in [3.8, 4) is 0 Å². The lowest BCUT2D eigenvalue weighted by Crippen LogP contribution is -2.28. The first-order valence-electron chi connectivity index (χ1n) is 5.47. The lowest BCUT2D eigenvalue weighted by Gasteiger charge is -2.28. The summed E-state index contributed by atoms with van der Waals surface area (Å²) < 4.78 is 31.7. The maximum atomic E-state index is 13.5. The van der Waals surface area contributed by atoms with Gasteiger partial charge in [0.2, 0.25) is 0 Å². The van der Waals surface area contributed by atoms with Crippen LogP contribution < -0.4 is 5.73 Å². The summed E-state index contributed by atoms with van der Waals surface area (Å²) in [6.07, 6.45) is 1.61. The van der Waals surface area contributed by atoms with Gasteiger partial charge in [0.05, 0.1) is 0 Å². The number of benzene rings is 1. The van der Waals surface area contributed by atoms with Crippen LogP contribution >= 0.6 is 0 Å². The van der Waals surface area contributed by atoms with E-state index in [2.05, 4.69) is 0 Å². The van der Waals surface area contributed by atoms with E-state index >= 15 is 0 Å². The van der Waals surface area contributed by atoms with Crippen molar-refractivity contribution >= 4 is 0 Å². The molecule has 1 aromatic rings. The summed E-state index contributed by atoms with van der Waals surface area (Å²) in [6.45, 7) is 1.30. The third-order valence-electron chi connectivity index (χ3n) is 3.09. The van der Waals surface area contributed by atoms with Crippen molar-refractivity contribution in [3.05, 3.63) is 35.4 Å². The molecule has 2 rings (SSSR count). The normalized spacial score (nSPS) is 19.7. The van der Waals surface area contributed by atoms with E-state index in [1.54, 1.807) is 0 Å². The van der Waals surface area contributed by atoms with E-state index in [4.69, 9.17) is 10.5 Å². The van der Waals surface area contributed by atoms with E-state index in [-0.39, 0.29) is 11.5 Å². The van der Waals surface area contributed by atoms with Crippen LogP contribution in [0.2, 0.25) is 0 Å². The lowest BCUT2D eigenvalue weighted by atomic mass is 9.87. The maximum Gasteiger partial charge on any atom is 0.128 e. The molecule has 1 saturated heterocycles. The van der Waals surface area contributed by atoms with Gasteiger partial charge < -0.3 is 10.5 Å². The Morgan fingerprint density at radius 1 is 1.25 bits per heavy atom. The van der Waals surface area contributed by atoms with Gasteiger partial charge in [-0.2, -0.15) is 0 Å². The first kappa shape index (κ1) is 11.5. The molecule has 1 unspecified atom stereocenters. The fraction of sp³-hybridized carbons (Fsp3) is 0.500. The average molecular weight is 227 g/mol. The Labute approximate surface area is 93.4 Å². The molecule has 2 N–H and O–H groups in total. The molecule has 4 heteroatoms. The highest BCUT2D eigenvalue weighted by atomic mass is 19.1. The highest BCUT2D eigenvalue weighted by Crippen LogP contribution is 2.29. The first-order chi connectivity index (χ1) is 7.68. The second-order valence-electron chi connectivity index (χ2n) is 4.14. The largest absolute Gasteiger partial charge is 0.381 e. The molecule has 0 spiro atoms. The fourth-order valence-electron chi connectivity index (χ4n) is 2.10. The van der Waals surface area contributed by atoms with E-state index in [1.807, 2.05) is 0 Å². The van der Waals surface area contributed by atoms with Crippen LogP contribution in [0.3, 0.4) is 0 Å². The van der Waals surface area contributed by atoms with Gasteiger partial charge in [-0.3, -0.25) is 0 Å². The predicted molar refractivity (Wildman–Crippen MR) is 56.8 cm³/mol. The van der Waals surface area contributed by atoms with Gasteiger partial charge in [0.25, 0.3) is 0 Å². The van der Waals surface area contributed by atoms with Crippen LogP contribution in [0.1, 0.15) is 24.4 Å². The van der Waals surface area contributed by atoms with Gasteiger partial charge in [0.15, 0.2) is 0 Å². The number of halogens is 2. The van der Waals surface area contributed by atoms with Crippen molar-refractivity contribution in [3.63, 3.8) is 0 Å². The minimum absolute atomic E-state index is 0.171. The highest BCUT2D eigenvalue weighted by molar-refractivity contribution is 5.22. The third kappa shape index (κ3) is 2.39. The Hall–Kier alpha value is -1.00. The van der Waals surface area contributed by atoms with Crippen molar-refractivity contribution < 1.29 is 13.5 Å². The summed E-state index contributed by atoms with van der Waals surface area (Å²) in [5.41, 5.74) is 6.25. The smallest absolute Gasteiger partial charge is 0.128 e. The molecule has 1 atom stereocenters. The predicted octanol–water partition coefficient (Wildman–Crippen LogP) is 2.39. The number of rotatable bonds is 2. The molecule has 16 heavy (non-hydrogen) atoms. The van der Waals surface area contributed by atoms with Crippen molar-refractivity contribution in [2.24, 2.45) is 11.7 Å². The molecular formula is C12H15F2NO. The van der Waals surface area contributed by atoms with Crippen LogP contribution in [0.5, 0.6) is 0 Å². The van der Waals surface area contributed by atoms with E-state index in [1.165, 1.54) is 6.07 Å². The van der Waals surface area contributed by atoms with E-state index in [0.717, 1.165) is 25.0 Å². The summed E-state index contributed by atoms with van der Waals surface area (Å²) in [5, 5.41) is 0. The van der Waals surface area contributed by atoms with Gasteiger partial charge in [-0.25, -0.2) is 8.78 Å². The molecule has 0 aliphatic carbocycles. The number of nitrogens with two attached hydrogens (primary N) is 1. The third-order valence-corrected chi connectivity index (χ3v) is 3.09. The SMILES string of the molecule is NC(c1cc(F)ccc1F)C1CCOCC1. The molecule has 1 heterocycles. The monoisotopic (exact) mass is 227 g/mol. The molecule has 88 valence electrons. The van der Waals surface area contributed by atoms with Gasteiger partial charge in [-0.15, -0.1) is 0 Å². The van der Waals surface area contributed by atoms with E-state index in [9.17, 15) is 8.78 Å². The van der Waals surface area contributed by atoms with Crippen LogP contribution in [-0.4, -0.2) is 13.2 Å². The molecule has 1 aromatic carbocycles. The molecule has 2 nitrogen and oxygen atoms in total. The van der Waals surface area contributed by atoms with Crippen LogP contribution in [-0.2, 0) is 4.74 Å². The Balaban J connectivity index is 2.18. The van der Waals surface area contributed by atoms with Crippen LogP contribution in [0.25, 0.3) is 0 Å². The van der Waals surface area contributed by atoms with Gasteiger partial charge in [0.1, 0.15) is 11.6 Å². The molecule has 0 amide bonds. The van der Waals surface area contributed by atoms with Crippen molar-refractivity contribution in [2.75, 3.05) is 13.2 Å². The van der Waals surface area contributed by atoms with Crippen molar-refractivity contribution in [1.29, 1.82) is 0 Å². The highest BCUT2D eigenvalue weighted by Gasteiger charge is 2.24. The molecular weight excluding hydrogens is 212 g/mol. The zero-order valence-corrected chi connectivity index (χ0v) is 8.96. The number of hydrogen-bond donors (Lipinski definition) is 1. The average Bonchev–Trinajstić information content (AvgIpc) is 2.32.